The smallest absolute Gasteiger partial charge is 0.303 e. The van der Waals surface area contributed by atoms with Gasteiger partial charge < -0.3 is 52.1 Å². The maximum absolute atomic E-state index is 12.9. The summed E-state index contributed by atoms with van der Waals surface area (Å²) in [5.41, 5.74) is 2.31. The summed E-state index contributed by atoms with van der Waals surface area (Å²) in [5.74, 6) is 2.19. The second kappa shape index (κ2) is 15.8. The fourth-order valence-corrected chi connectivity index (χ4v) is 6.77. The zero-order valence-electron chi connectivity index (χ0n) is 30.7. The Morgan fingerprint density at radius 3 is 1.17 bits per heavy atom. The highest BCUT2D eigenvalue weighted by Gasteiger charge is 2.50. The molecule has 6 atom stereocenters. The third-order valence-corrected chi connectivity index (χ3v) is 9.14. The minimum absolute atomic E-state index is 0.310. The average Bonchev–Trinajstić information content (AvgIpc) is 3.17. The second-order valence-corrected chi connectivity index (χ2v) is 12.2. The van der Waals surface area contributed by atoms with Crippen molar-refractivity contribution in [1.29, 1.82) is 0 Å². The number of esters is 2. The molecule has 0 radical (unpaired) electrons. The molecule has 0 N–H and O–H groups in total. The Morgan fingerprint density at radius 1 is 0.491 bits per heavy atom. The minimum Gasteiger partial charge on any atom is -0.497 e. The number of hydrogen-bond donors (Lipinski definition) is 0. The molecule has 13 nitrogen and oxygen atoms in total. The van der Waals surface area contributed by atoms with Crippen LogP contribution in [-0.2, 0) is 23.8 Å². The highest BCUT2D eigenvalue weighted by atomic mass is 16.6. The van der Waals surface area contributed by atoms with Crippen LogP contribution in [0.25, 0.3) is 0 Å². The number of rotatable bonds is 12. The normalized spacial score (nSPS) is 21.4. The van der Waals surface area contributed by atoms with Gasteiger partial charge in [-0.1, -0.05) is 24.3 Å². The van der Waals surface area contributed by atoms with Crippen molar-refractivity contribution in [1.82, 2.24) is 0 Å². The van der Waals surface area contributed by atoms with Crippen molar-refractivity contribution in [2.24, 2.45) is 0 Å². The first kappa shape index (κ1) is 37.0. The van der Waals surface area contributed by atoms with E-state index < -0.39 is 48.6 Å². The van der Waals surface area contributed by atoms with E-state index in [1.807, 2.05) is 24.3 Å². The van der Waals surface area contributed by atoms with Gasteiger partial charge in [0.25, 0.3) is 0 Å². The topological polar surface area (TPSA) is 136 Å². The lowest BCUT2D eigenvalue weighted by Crippen LogP contribution is -2.44. The summed E-state index contributed by atoms with van der Waals surface area (Å²) in [7, 11) is 9.19. The largest absolute Gasteiger partial charge is 0.497 e. The van der Waals surface area contributed by atoms with Gasteiger partial charge in [-0.3, -0.25) is 9.59 Å². The standard InChI is InChI=1S/C40H42O13/c1-21(41)49-39-31(23-9-13-25(43-3)14-10-23)51-33-27(17-19-29(45-5)37(33)47-7)35(39)53-36-28-18-20-30(46-6)38(48-8)34(28)52-32(40(36)50-22(2)42)24-11-15-26(44-4)16-12-24/h9-20,31-32,35-36,39-40H,1-8H3/t31-,32-,35-,36+,39+,40+/m1/s1. The Balaban J connectivity index is 1.58. The molecule has 0 saturated heterocycles. The molecule has 0 fully saturated rings. The van der Waals surface area contributed by atoms with Gasteiger partial charge in [-0.25, -0.2) is 0 Å². The summed E-state index contributed by atoms with van der Waals surface area (Å²) in [5, 5.41) is 0. The van der Waals surface area contributed by atoms with Gasteiger partial charge in [-0.05, 0) is 59.7 Å². The van der Waals surface area contributed by atoms with Crippen LogP contribution < -0.4 is 37.9 Å². The molecule has 13 heteroatoms. The SMILES string of the molecule is COc1ccc([C@H]2Oc3c(ccc(OC)c3OC)[C@@H](O[C@H]3c4ccc(OC)c(OC)c4O[C@H](c4ccc(OC)cc4)[C@@H]3OC(C)=O)[C@H]2OC(C)=O)cc1. The van der Waals surface area contributed by atoms with Crippen molar-refractivity contribution in [2.45, 2.75) is 50.5 Å². The minimum atomic E-state index is -1.06. The van der Waals surface area contributed by atoms with Gasteiger partial charge in [0.05, 0.1) is 42.7 Å². The van der Waals surface area contributed by atoms with E-state index in [0.29, 0.717) is 68.2 Å². The lowest BCUT2D eigenvalue weighted by molar-refractivity contribution is -0.203. The Labute approximate surface area is 307 Å². The van der Waals surface area contributed by atoms with E-state index in [1.54, 1.807) is 62.8 Å². The van der Waals surface area contributed by atoms with Crippen LogP contribution in [0.1, 0.15) is 60.5 Å². The number of hydrogen-bond acceptors (Lipinski definition) is 13. The van der Waals surface area contributed by atoms with Gasteiger partial charge in [-0.2, -0.15) is 0 Å². The maximum Gasteiger partial charge on any atom is 0.303 e. The van der Waals surface area contributed by atoms with Crippen LogP contribution in [0.4, 0.5) is 0 Å². The third kappa shape index (κ3) is 7.16. The second-order valence-electron chi connectivity index (χ2n) is 12.2. The number of carbonyl (C=O) groups is 2. The highest BCUT2D eigenvalue weighted by Crippen LogP contribution is 2.57. The molecule has 2 aliphatic heterocycles. The number of fused-ring (bicyclic) bond motifs is 2. The molecule has 4 aromatic carbocycles. The molecule has 53 heavy (non-hydrogen) atoms. The van der Waals surface area contributed by atoms with Crippen LogP contribution in [-0.4, -0.2) is 66.8 Å². The molecule has 0 bridgehead atoms. The summed E-state index contributed by atoms with van der Waals surface area (Å²) in [4.78, 5) is 25.8. The molecular weight excluding hydrogens is 688 g/mol. The van der Waals surface area contributed by atoms with Gasteiger partial charge in [0.1, 0.15) is 23.7 Å². The Kier molecular flexibility index (Phi) is 11.0. The zero-order chi connectivity index (χ0) is 37.8. The van der Waals surface area contributed by atoms with Crippen LogP contribution in [0.5, 0.6) is 46.0 Å². The summed E-state index contributed by atoms with van der Waals surface area (Å²) in [6.45, 7) is 2.63. The molecule has 0 spiro atoms. The van der Waals surface area contributed by atoms with E-state index in [4.69, 9.17) is 52.1 Å². The molecule has 0 aliphatic carbocycles. The summed E-state index contributed by atoms with van der Waals surface area (Å²) >= 11 is 0. The maximum atomic E-state index is 12.9. The summed E-state index contributed by atoms with van der Waals surface area (Å²) < 4.78 is 66.4. The summed E-state index contributed by atoms with van der Waals surface area (Å²) in [6.07, 6.45) is -6.00. The molecule has 0 amide bonds. The van der Waals surface area contributed by atoms with Crippen molar-refractivity contribution in [2.75, 3.05) is 42.7 Å². The molecule has 280 valence electrons. The first-order chi connectivity index (χ1) is 25.6. The first-order valence-corrected chi connectivity index (χ1v) is 16.8. The lowest BCUT2D eigenvalue weighted by Gasteiger charge is -2.44. The quantitative estimate of drug-likeness (QED) is 0.144. The van der Waals surface area contributed by atoms with E-state index >= 15 is 0 Å². The number of benzene rings is 4. The predicted octanol–water partition coefficient (Wildman–Crippen LogP) is 6.67. The molecule has 6 rings (SSSR count). The molecule has 0 saturated carbocycles. The van der Waals surface area contributed by atoms with E-state index in [0.717, 1.165) is 0 Å². The van der Waals surface area contributed by atoms with Gasteiger partial charge in [-0.15, -0.1) is 0 Å². The van der Waals surface area contributed by atoms with Gasteiger partial charge in [0, 0.05) is 25.0 Å². The first-order valence-electron chi connectivity index (χ1n) is 16.8. The Bertz CT molecular complexity index is 1790. The van der Waals surface area contributed by atoms with Gasteiger partial charge in [0.15, 0.2) is 47.4 Å². The summed E-state index contributed by atoms with van der Waals surface area (Å²) in [6, 6.07) is 21.3. The monoisotopic (exact) mass is 730 g/mol. The molecule has 4 aromatic rings. The van der Waals surface area contributed by atoms with Crippen molar-refractivity contribution >= 4 is 11.9 Å². The van der Waals surface area contributed by atoms with Crippen LogP contribution in [0.3, 0.4) is 0 Å². The van der Waals surface area contributed by atoms with Gasteiger partial charge >= 0.3 is 11.9 Å². The fourth-order valence-electron chi connectivity index (χ4n) is 6.77. The molecule has 2 heterocycles. The van der Waals surface area contributed by atoms with E-state index in [9.17, 15) is 9.59 Å². The zero-order valence-corrected chi connectivity index (χ0v) is 30.7. The number of ether oxygens (including phenoxy) is 11. The van der Waals surface area contributed by atoms with E-state index in [2.05, 4.69) is 0 Å². The third-order valence-electron chi connectivity index (χ3n) is 9.14. The Hall–Kier alpha value is -5.82. The predicted molar refractivity (Wildman–Crippen MR) is 189 cm³/mol. The fraction of sp³-hybridized carbons (Fsp3) is 0.350. The van der Waals surface area contributed by atoms with Crippen LogP contribution in [0.15, 0.2) is 72.8 Å². The lowest BCUT2D eigenvalue weighted by atomic mass is 9.88. The number of methoxy groups -OCH3 is 6. The van der Waals surface area contributed by atoms with Crippen LogP contribution in [0, 0.1) is 0 Å². The van der Waals surface area contributed by atoms with Crippen molar-refractivity contribution in [3.8, 4) is 46.0 Å². The highest BCUT2D eigenvalue weighted by molar-refractivity contribution is 5.68. The van der Waals surface area contributed by atoms with E-state index in [1.165, 1.54) is 42.3 Å². The van der Waals surface area contributed by atoms with Crippen molar-refractivity contribution in [3.63, 3.8) is 0 Å². The molecule has 2 aliphatic rings. The van der Waals surface area contributed by atoms with Crippen molar-refractivity contribution in [3.05, 3.63) is 95.1 Å². The van der Waals surface area contributed by atoms with Crippen molar-refractivity contribution < 1.29 is 61.7 Å². The number of carbonyl (C=O) groups excluding carboxylic acids is 2. The van der Waals surface area contributed by atoms with E-state index in [-0.39, 0.29) is 0 Å². The Morgan fingerprint density at radius 2 is 0.868 bits per heavy atom. The molecule has 0 unspecified atom stereocenters. The van der Waals surface area contributed by atoms with Crippen LogP contribution in [0.2, 0.25) is 0 Å². The molecule has 0 aromatic heterocycles. The van der Waals surface area contributed by atoms with Crippen LogP contribution >= 0.6 is 0 Å². The molecular formula is C40H42O13. The average molecular weight is 731 g/mol. The van der Waals surface area contributed by atoms with Gasteiger partial charge in [0.2, 0.25) is 11.5 Å².